The molecular weight excluding hydrogens is 318 g/mol. The number of carbonyl (C=O) groups is 1. The van der Waals surface area contributed by atoms with E-state index < -0.39 is 0 Å². The Morgan fingerprint density at radius 3 is 2.00 bits per heavy atom. The highest BCUT2D eigenvalue weighted by molar-refractivity contribution is 6.00. The lowest BCUT2D eigenvalue weighted by atomic mass is 9.89. The molecule has 128 valence electrons. The molecule has 0 fully saturated rings. The maximum Gasteiger partial charge on any atom is 0.258 e. The summed E-state index contributed by atoms with van der Waals surface area (Å²) in [5.74, 6) is 0.387. The zero-order valence-electron chi connectivity index (χ0n) is 14.6. The van der Waals surface area contributed by atoms with E-state index in [9.17, 15) is 4.79 Å². The van der Waals surface area contributed by atoms with Crippen LogP contribution in [0.3, 0.4) is 0 Å². The summed E-state index contributed by atoms with van der Waals surface area (Å²) in [6.45, 7) is 0.716. The first-order valence-corrected chi connectivity index (χ1v) is 9.02. The third-order valence-electron chi connectivity index (χ3n) is 4.88. The predicted octanol–water partition coefficient (Wildman–Crippen LogP) is 5.36. The molecular formula is C24H21NO. The van der Waals surface area contributed by atoms with E-state index >= 15 is 0 Å². The first kappa shape index (κ1) is 16.3. The molecule has 26 heavy (non-hydrogen) atoms. The quantitative estimate of drug-likeness (QED) is 0.629. The van der Waals surface area contributed by atoms with Crippen LogP contribution in [-0.4, -0.2) is 17.4 Å². The number of carbonyl (C=O) groups excluding carboxylic acids is 1. The van der Waals surface area contributed by atoms with Gasteiger partial charge in [-0.2, -0.15) is 0 Å². The van der Waals surface area contributed by atoms with Gasteiger partial charge in [0, 0.05) is 23.7 Å². The highest BCUT2D eigenvalue weighted by Gasteiger charge is 2.27. The molecule has 0 saturated carbocycles. The zero-order valence-corrected chi connectivity index (χ0v) is 14.6. The molecule has 1 aliphatic heterocycles. The Balaban J connectivity index is 1.74. The van der Waals surface area contributed by atoms with E-state index in [1.165, 1.54) is 5.56 Å². The van der Waals surface area contributed by atoms with Gasteiger partial charge in [0.2, 0.25) is 0 Å². The summed E-state index contributed by atoms with van der Waals surface area (Å²) in [5.41, 5.74) is 4.11. The van der Waals surface area contributed by atoms with Gasteiger partial charge in [0.15, 0.2) is 0 Å². The maximum atomic E-state index is 13.1. The summed E-state index contributed by atoms with van der Waals surface area (Å²) in [4.78, 5) is 15.0. The second-order valence-electron chi connectivity index (χ2n) is 6.55. The van der Waals surface area contributed by atoms with E-state index in [4.69, 9.17) is 0 Å². The van der Waals surface area contributed by atoms with Crippen LogP contribution in [0.15, 0.2) is 97.1 Å². The van der Waals surface area contributed by atoms with Crippen molar-refractivity contribution in [3.63, 3.8) is 0 Å². The fourth-order valence-corrected chi connectivity index (χ4v) is 3.52. The largest absolute Gasteiger partial charge is 0.308 e. The minimum Gasteiger partial charge on any atom is -0.308 e. The number of amides is 1. The standard InChI is InChI=1S/C24H21NO/c26-24(21-14-8-3-9-15-21)25-17-16-22(19-10-4-1-5-11-19)18-23(25)20-12-6-2-7-13-20/h1-15,18,22H,16-17H2. The van der Waals surface area contributed by atoms with E-state index in [1.54, 1.807) is 0 Å². The number of rotatable bonds is 3. The summed E-state index contributed by atoms with van der Waals surface area (Å²) in [5, 5.41) is 0. The molecule has 3 aromatic rings. The van der Waals surface area contributed by atoms with Crippen LogP contribution in [0.5, 0.6) is 0 Å². The van der Waals surface area contributed by atoms with Gasteiger partial charge < -0.3 is 4.90 Å². The molecule has 0 N–H and O–H groups in total. The van der Waals surface area contributed by atoms with Crippen molar-refractivity contribution in [2.75, 3.05) is 6.54 Å². The van der Waals surface area contributed by atoms with Gasteiger partial charge in [0.25, 0.3) is 5.91 Å². The molecule has 1 atom stereocenters. The van der Waals surface area contributed by atoms with E-state index in [-0.39, 0.29) is 5.91 Å². The zero-order chi connectivity index (χ0) is 17.8. The van der Waals surface area contributed by atoms with Crippen molar-refractivity contribution < 1.29 is 4.79 Å². The Morgan fingerprint density at radius 2 is 1.35 bits per heavy atom. The minimum atomic E-state index is 0.0622. The normalized spacial score (nSPS) is 16.8. The average Bonchev–Trinajstić information content (AvgIpc) is 2.75. The Bertz CT molecular complexity index is 901. The van der Waals surface area contributed by atoms with Crippen LogP contribution in [0.25, 0.3) is 5.70 Å². The van der Waals surface area contributed by atoms with Crippen LogP contribution >= 0.6 is 0 Å². The smallest absolute Gasteiger partial charge is 0.258 e. The maximum absolute atomic E-state index is 13.1. The lowest BCUT2D eigenvalue weighted by Crippen LogP contribution is -2.34. The van der Waals surface area contributed by atoms with E-state index in [2.05, 4.69) is 42.5 Å². The molecule has 1 heterocycles. The minimum absolute atomic E-state index is 0.0622. The fraction of sp³-hybridized carbons (Fsp3) is 0.125. The molecule has 0 aliphatic carbocycles. The van der Waals surface area contributed by atoms with Crippen LogP contribution in [0.2, 0.25) is 0 Å². The van der Waals surface area contributed by atoms with Gasteiger partial charge in [0.05, 0.1) is 0 Å². The Hall–Kier alpha value is -3.13. The molecule has 0 radical (unpaired) electrons. The molecule has 1 aliphatic rings. The molecule has 0 bridgehead atoms. The third kappa shape index (κ3) is 3.31. The Kier molecular flexibility index (Phi) is 4.65. The van der Waals surface area contributed by atoms with Gasteiger partial charge in [-0.15, -0.1) is 0 Å². The molecule has 2 heteroatoms. The molecule has 0 aromatic heterocycles. The Labute approximate surface area is 154 Å². The molecule has 0 saturated heterocycles. The van der Waals surface area contributed by atoms with Gasteiger partial charge in [-0.3, -0.25) is 4.79 Å². The van der Waals surface area contributed by atoms with Crippen molar-refractivity contribution in [3.8, 4) is 0 Å². The Morgan fingerprint density at radius 1 is 0.769 bits per heavy atom. The second kappa shape index (κ2) is 7.40. The van der Waals surface area contributed by atoms with Crippen molar-refractivity contribution >= 4 is 11.6 Å². The molecule has 1 unspecified atom stereocenters. The van der Waals surface area contributed by atoms with Crippen LogP contribution < -0.4 is 0 Å². The number of benzene rings is 3. The van der Waals surface area contributed by atoms with E-state index in [0.717, 1.165) is 23.2 Å². The molecule has 1 amide bonds. The van der Waals surface area contributed by atoms with Crippen molar-refractivity contribution in [1.29, 1.82) is 0 Å². The monoisotopic (exact) mass is 339 g/mol. The van der Waals surface area contributed by atoms with Crippen molar-refractivity contribution in [3.05, 3.63) is 114 Å². The highest BCUT2D eigenvalue weighted by Crippen LogP contribution is 2.34. The first-order valence-electron chi connectivity index (χ1n) is 9.02. The van der Waals surface area contributed by atoms with Crippen LogP contribution in [0.4, 0.5) is 0 Å². The van der Waals surface area contributed by atoms with Gasteiger partial charge >= 0.3 is 0 Å². The average molecular weight is 339 g/mol. The number of hydrogen-bond donors (Lipinski definition) is 0. The van der Waals surface area contributed by atoms with Crippen molar-refractivity contribution in [2.45, 2.75) is 12.3 Å². The number of allylic oxidation sites excluding steroid dienone is 1. The lowest BCUT2D eigenvalue weighted by Gasteiger charge is -2.33. The second-order valence-corrected chi connectivity index (χ2v) is 6.55. The summed E-state index contributed by atoms with van der Waals surface area (Å²) < 4.78 is 0. The summed E-state index contributed by atoms with van der Waals surface area (Å²) >= 11 is 0. The highest BCUT2D eigenvalue weighted by atomic mass is 16.2. The topological polar surface area (TPSA) is 20.3 Å². The fourth-order valence-electron chi connectivity index (χ4n) is 3.52. The summed E-state index contributed by atoms with van der Waals surface area (Å²) in [7, 11) is 0. The summed E-state index contributed by atoms with van der Waals surface area (Å²) in [6.07, 6.45) is 3.17. The number of nitrogens with zero attached hydrogens (tertiary/aromatic N) is 1. The molecule has 2 nitrogen and oxygen atoms in total. The van der Waals surface area contributed by atoms with E-state index in [0.29, 0.717) is 12.5 Å². The number of hydrogen-bond acceptors (Lipinski definition) is 1. The van der Waals surface area contributed by atoms with Gasteiger partial charge in [-0.05, 0) is 29.7 Å². The van der Waals surface area contributed by atoms with Gasteiger partial charge in [-0.1, -0.05) is 84.9 Å². The van der Waals surface area contributed by atoms with Crippen molar-refractivity contribution in [2.24, 2.45) is 0 Å². The molecule has 0 spiro atoms. The van der Waals surface area contributed by atoms with Gasteiger partial charge in [0.1, 0.15) is 0 Å². The third-order valence-corrected chi connectivity index (χ3v) is 4.88. The predicted molar refractivity (Wildman–Crippen MR) is 106 cm³/mol. The van der Waals surface area contributed by atoms with E-state index in [1.807, 2.05) is 59.5 Å². The van der Waals surface area contributed by atoms with Crippen LogP contribution in [0, 0.1) is 0 Å². The lowest BCUT2D eigenvalue weighted by molar-refractivity contribution is 0.0828. The van der Waals surface area contributed by atoms with Crippen LogP contribution in [0.1, 0.15) is 33.8 Å². The van der Waals surface area contributed by atoms with Crippen molar-refractivity contribution in [1.82, 2.24) is 4.90 Å². The summed E-state index contributed by atoms with van der Waals surface area (Å²) in [6, 6.07) is 30.2. The molecule has 3 aromatic carbocycles. The molecule has 4 rings (SSSR count). The first-order chi connectivity index (χ1) is 12.8. The van der Waals surface area contributed by atoms with Gasteiger partial charge in [-0.25, -0.2) is 0 Å². The SMILES string of the molecule is O=C(c1ccccc1)N1CCC(c2ccccc2)C=C1c1ccccc1. The van der Waals surface area contributed by atoms with Crippen LogP contribution in [-0.2, 0) is 0 Å².